The minimum atomic E-state index is -0.251. The van der Waals surface area contributed by atoms with E-state index in [4.69, 9.17) is 4.74 Å². The minimum absolute atomic E-state index is 0.0201. The zero-order valence-corrected chi connectivity index (χ0v) is 10.7. The van der Waals surface area contributed by atoms with Gasteiger partial charge < -0.3 is 4.74 Å². The van der Waals surface area contributed by atoms with Crippen molar-refractivity contribution in [3.05, 3.63) is 30.1 Å². The summed E-state index contributed by atoms with van der Waals surface area (Å²) in [6.45, 7) is 8.04. The first-order valence-corrected chi connectivity index (χ1v) is 5.81. The van der Waals surface area contributed by atoms with Gasteiger partial charge in [-0.2, -0.15) is 0 Å². The standard InChI is InChI=1S/C13H18N2O2/c1-9-11(10-6-5-7-14-8-10)17-12(16)15(9)13(2,3)4/h5-9,11H,1-4H3/t9-,11-/m0/s1. The fourth-order valence-corrected chi connectivity index (χ4v) is 2.34. The van der Waals surface area contributed by atoms with Crippen LogP contribution in [0.2, 0.25) is 0 Å². The fourth-order valence-electron chi connectivity index (χ4n) is 2.34. The molecule has 17 heavy (non-hydrogen) atoms. The molecule has 2 rings (SSSR count). The van der Waals surface area contributed by atoms with Crippen molar-refractivity contribution in [1.29, 1.82) is 0 Å². The van der Waals surface area contributed by atoms with Crippen LogP contribution in [0.1, 0.15) is 39.4 Å². The van der Waals surface area contributed by atoms with E-state index in [1.165, 1.54) is 0 Å². The van der Waals surface area contributed by atoms with Gasteiger partial charge in [0.25, 0.3) is 0 Å². The largest absolute Gasteiger partial charge is 0.439 e. The van der Waals surface area contributed by atoms with Crippen molar-refractivity contribution in [2.45, 2.75) is 45.4 Å². The van der Waals surface area contributed by atoms with Gasteiger partial charge in [0.05, 0.1) is 6.04 Å². The first kappa shape index (κ1) is 11.9. The van der Waals surface area contributed by atoms with Crippen LogP contribution in [-0.4, -0.2) is 27.6 Å². The van der Waals surface area contributed by atoms with Crippen LogP contribution < -0.4 is 0 Å². The monoisotopic (exact) mass is 234 g/mol. The third-order valence-corrected chi connectivity index (χ3v) is 3.01. The average Bonchev–Trinajstić information content (AvgIpc) is 2.54. The number of amides is 1. The number of cyclic esters (lactones) is 1. The van der Waals surface area contributed by atoms with Gasteiger partial charge in [0.1, 0.15) is 0 Å². The number of ether oxygens (including phenoxy) is 1. The minimum Gasteiger partial charge on any atom is -0.439 e. The Hall–Kier alpha value is -1.58. The van der Waals surface area contributed by atoms with Crippen molar-refractivity contribution in [3.8, 4) is 0 Å². The zero-order chi connectivity index (χ0) is 12.6. The maximum Gasteiger partial charge on any atom is 0.411 e. The quantitative estimate of drug-likeness (QED) is 0.750. The number of carbonyl (C=O) groups is 1. The van der Waals surface area contributed by atoms with Gasteiger partial charge in [-0.05, 0) is 33.8 Å². The predicted molar refractivity (Wildman–Crippen MR) is 64.5 cm³/mol. The molecule has 1 aliphatic rings. The Labute approximate surface area is 102 Å². The van der Waals surface area contributed by atoms with Gasteiger partial charge in [0.2, 0.25) is 0 Å². The van der Waals surface area contributed by atoms with Gasteiger partial charge in [-0.15, -0.1) is 0 Å². The van der Waals surface area contributed by atoms with E-state index in [1.54, 1.807) is 17.3 Å². The molecule has 1 aromatic heterocycles. The molecule has 2 heterocycles. The number of rotatable bonds is 1. The number of nitrogens with zero attached hydrogens (tertiary/aromatic N) is 2. The van der Waals surface area contributed by atoms with Crippen molar-refractivity contribution in [2.24, 2.45) is 0 Å². The molecule has 2 atom stereocenters. The maximum atomic E-state index is 11.9. The molecule has 0 aromatic carbocycles. The molecule has 0 spiro atoms. The Morgan fingerprint density at radius 1 is 1.41 bits per heavy atom. The number of aromatic nitrogens is 1. The van der Waals surface area contributed by atoms with Crippen molar-refractivity contribution in [3.63, 3.8) is 0 Å². The van der Waals surface area contributed by atoms with E-state index >= 15 is 0 Å². The van der Waals surface area contributed by atoms with E-state index in [1.807, 2.05) is 39.8 Å². The normalized spacial score (nSPS) is 24.9. The third kappa shape index (κ3) is 2.12. The smallest absolute Gasteiger partial charge is 0.411 e. The van der Waals surface area contributed by atoms with E-state index in [2.05, 4.69) is 4.98 Å². The lowest BCUT2D eigenvalue weighted by Crippen LogP contribution is -2.46. The summed E-state index contributed by atoms with van der Waals surface area (Å²) in [6.07, 6.45) is 2.99. The van der Waals surface area contributed by atoms with Crippen LogP contribution >= 0.6 is 0 Å². The first-order valence-electron chi connectivity index (χ1n) is 5.81. The first-order chi connectivity index (χ1) is 7.91. The Morgan fingerprint density at radius 2 is 2.12 bits per heavy atom. The molecule has 0 radical (unpaired) electrons. The summed E-state index contributed by atoms with van der Waals surface area (Å²) in [6, 6.07) is 3.81. The van der Waals surface area contributed by atoms with E-state index < -0.39 is 0 Å². The second-order valence-electron chi connectivity index (χ2n) is 5.37. The molecule has 1 fully saturated rings. The summed E-state index contributed by atoms with van der Waals surface area (Å²) in [5, 5.41) is 0. The molecule has 1 aliphatic heterocycles. The Morgan fingerprint density at radius 3 is 2.59 bits per heavy atom. The Balaban J connectivity index is 2.28. The van der Waals surface area contributed by atoms with Crippen LogP contribution in [0.5, 0.6) is 0 Å². The molecule has 0 N–H and O–H groups in total. The average molecular weight is 234 g/mol. The summed E-state index contributed by atoms with van der Waals surface area (Å²) in [5.41, 5.74) is 0.716. The molecule has 92 valence electrons. The van der Waals surface area contributed by atoms with Gasteiger partial charge in [-0.3, -0.25) is 9.88 Å². The second-order valence-corrected chi connectivity index (χ2v) is 5.37. The Kier molecular flexibility index (Phi) is 2.81. The lowest BCUT2D eigenvalue weighted by molar-refractivity contribution is 0.119. The molecule has 4 nitrogen and oxygen atoms in total. The van der Waals surface area contributed by atoms with E-state index in [-0.39, 0.29) is 23.8 Å². The lowest BCUT2D eigenvalue weighted by Gasteiger charge is -2.33. The van der Waals surface area contributed by atoms with Crippen molar-refractivity contribution in [1.82, 2.24) is 9.88 Å². The molecule has 0 aliphatic carbocycles. The molecule has 1 aromatic rings. The van der Waals surface area contributed by atoms with Gasteiger partial charge in [-0.1, -0.05) is 6.07 Å². The summed E-state index contributed by atoms with van der Waals surface area (Å²) < 4.78 is 5.45. The summed E-state index contributed by atoms with van der Waals surface area (Å²) >= 11 is 0. The number of pyridine rings is 1. The fraction of sp³-hybridized carbons (Fsp3) is 0.538. The van der Waals surface area contributed by atoms with Crippen LogP contribution in [-0.2, 0) is 4.74 Å². The van der Waals surface area contributed by atoms with E-state index in [0.717, 1.165) is 5.56 Å². The van der Waals surface area contributed by atoms with Crippen LogP contribution in [0.15, 0.2) is 24.5 Å². The van der Waals surface area contributed by atoms with Crippen LogP contribution in [0.25, 0.3) is 0 Å². The maximum absolute atomic E-state index is 11.9. The topological polar surface area (TPSA) is 42.4 Å². The van der Waals surface area contributed by atoms with Crippen molar-refractivity contribution >= 4 is 6.09 Å². The number of hydrogen-bond donors (Lipinski definition) is 0. The number of carbonyl (C=O) groups excluding carboxylic acids is 1. The van der Waals surface area contributed by atoms with Crippen LogP contribution in [0.3, 0.4) is 0 Å². The van der Waals surface area contributed by atoms with Crippen LogP contribution in [0.4, 0.5) is 4.79 Å². The molecule has 4 heteroatoms. The van der Waals surface area contributed by atoms with Gasteiger partial charge in [-0.25, -0.2) is 4.79 Å². The zero-order valence-electron chi connectivity index (χ0n) is 10.7. The molecule has 1 saturated heterocycles. The Bertz CT molecular complexity index is 411. The van der Waals surface area contributed by atoms with Gasteiger partial charge in [0, 0.05) is 23.5 Å². The van der Waals surface area contributed by atoms with Gasteiger partial charge in [0.15, 0.2) is 6.10 Å². The highest BCUT2D eigenvalue weighted by Gasteiger charge is 2.44. The summed E-state index contributed by atoms with van der Waals surface area (Å²) in [4.78, 5) is 17.7. The lowest BCUT2D eigenvalue weighted by atomic mass is 10.00. The summed E-state index contributed by atoms with van der Waals surface area (Å²) in [7, 11) is 0. The summed E-state index contributed by atoms with van der Waals surface area (Å²) in [5.74, 6) is 0. The molecule has 1 amide bonds. The SMILES string of the molecule is C[C@H]1[C@@H](c2cccnc2)OC(=O)N1C(C)(C)C. The van der Waals surface area contributed by atoms with Gasteiger partial charge >= 0.3 is 6.09 Å². The van der Waals surface area contributed by atoms with Crippen LogP contribution in [0, 0.1) is 0 Å². The highest BCUT2D eigenvalue weighted by atomic mass is 16.6. The van der Waals surface area contributed by atoms with Crippen molar-refractivity contribution < 1.29 is 9.53 Å². The molecular formula is C13H18N2O2. The second kappa shape index (κ2) is 4.02. The van der Waals surface area contributed by atoms with E-state index in [0.29, 0.717) is 0 Å². The van der Waals surface area contributed by atoms with Crippen molar-refractivity contribution in [2.75, 3.05) is 0 Å². The third-order valence-electron chi connectivity index (χ3n) is 3.01. The highest BCUT2D eigenvalue weighted by molar-refractivity contribution is 5.72. The molecule has 0 saturated carbocycles. The molecule has 0 bridgehead atoms. The predicted octanol–water partition coefficient (Wildman–Crippen LogP) is 2.76. The number of hydrogen-bond acceptors (Lipinski definition) is 3. The highest BCUT2D eigenvalue weighted by Crippen LogP contribution is 2.36. The molecule has 0 unspecified atom stereocenters. The van der Waals surface area contributed by atoms with E-state index in [9.17, 15) is 4.79 Å². The molecular weight excluding hydrogens is 216 g/mol.